The first-order chi connectivity index (χ1) is 6.77. The van der Waals surface area contributed by atoms with E-state index in [0.717, 1.165) is 19.9 Å². The molecule has 14 heavy (non-hydrogen) atoms. The van der Waals surface area contributed by atoms with E-state index < -0.39 is 0 Å². The van der Waals surface area contributed by atoms with Crippen LogP contribution in [0, 0.1) is 3.57 Å². The van der Waals surface area contributed by atoms with Crippen molar-refractivity contribution in [3.05, 3.63) is 51.2 Å². The molecule has 0 aliphatic heterocycles. The SMILES string of the molecule is Clc1ccc(-c2ccccn2)c(I)c1. The highest BCUT2D eigenvalue weighted by atomic mass is 127. The van der Waals surface area contributed by atoms with E-state index in [2.05, 4.69) is 27.6 Å². The zero-order chi connectivity index (χ0) is 9.97. The molecule has 0 amide bonds. The maximum absolute atomic E-state index is 5.88. The summed E-state index contributed by atoms with van der Waals surface area (Å²) in [7, 11) is 0. The third-order valence-electron chi connectivity index (χ3n) is 1.87. The second-order valence-corrected chi connectivity index (χ2v) is 4.44. The van der Waals surface area contributed by atoms with Crippen molar-refractivity contribution in [3.8, 4) is 11.3 Å². The largest absolute Gasteiger partial charge is 0.256 e. The van der Waals surface area contributed by atoms with Crippen LogP contribution in [0.1, 0.15) is 0 Å². The summed E-state index contributed by atoms with van der Waals surface area (Å²) in [6.45, 7) is 0. The van der Waals surface area contributed by atoms with Gasteiger partial charge in [0.1, 0.15) is 0 Å². The Kier molecular flexibility index (Phi) is 3.03. The minimum atomic E-state index is 0.758. The Morgan fingerprint density at radius 1 is 1.14 bits per heavy atom. The smallest absolute Gasteiger partial charge is 0.0712 e. The summed E-state index contributed by atoms with van der Waals surface area (Å²) in [5, 5.41) is 0.758. The van der Waals surface area contributed by atoms with Gasteiger partial charge in [-0.2, -0.15) is 0 Å². The first-order valence-electron chi connectivity index (χ1n) is 4.14. The molecule has 3 heteroatoms. The molecule has 2 aromatic rings. The summed E-state index contributed by atoms with van der Waals surface area (Å²) in [6, 6.07) is 11.7. The highest BCUT2D eigenvalue weighted by Gasteiger charge is 2.03. The predicted octanol–water partition coefficient (Wildman–Crippen LogP) is 4.01. The van der Waals surface area contributed by atoms with Crippen molar-refractivity contribution in [2.24, 2.45) is 0 Å². The number of pyridine rings is 1. The number of aromatic nitrogens is 1. The fraction of sp³-hybridized carbons (Fsp3) is 0. The van der Waals surface area contributed by atoms with Crippen molar-refractivity contribution >= 4 is 34.2 Å². The van der Waals surface area contributed by atoms with Crippen molar-refractivity contribution in [1.29, 1.82) is 0 Å². The van der Waals surface area contributed by atoms with Gasteiger partial charge in [-0.25, -0.2) is 0 Å². The topological polar surface area (TPSA) is 12.9 Å². The summed E-state index contributed by atoms with van der Waals surface area (Å²) in [5.41, 5.74) is 2.10. The van der Waals surface area contributed by atoms with Crippen LogP contribution >= 0.6 is 34.2 Å². The Balaban J connectivity index is 2.53. The van der Waals surface area contributed by atoms with Gasteiger partial charge in [0.2, 0.25) is 0 Å². The molecule has 1 aromatic heterocycles. The minimum absolute atomic E-state index is 0.758. The molecule has 0 unspecified atom stereocenters. The Morgan fingerprint density at radius 3 is 2.64 bits per heavy atom. The molecule has 0 spiro atoms. The monoisotopic (exact) mass is 315 g/mol. The van der Waals surface area contributed by atoms with E-state index in [1.54, 1.807) is 6.20 Å². The number of benzene rings is 1. The van der Waals surface area contributed by atoms with Gasteiger partial charge >= 0.3 is 0 Å². The molecule has 0 radical (unpaired) electrons. The highest BCUT2D eigenvalue weighted by Crippen LogP contribution is 2.25. The molecule has 0 bridgehead atoms. The van der Waals surface area contributed by atoms with Crippen LogP contribution in [0.25, 0.3) is 11.3 Å². The second kappa shape index (κ2) is 4.28. The summed E-state index contributed by atoms with van der Waals surface area (Å²) in [4.78, 5) is 4.29. The molecule has 0 N–H and O–H groups in total. The fourth-order valence-electron chi connectivity index (χ4n) is 1.22. The molecule has 2 rings (SSSR count). The maximum atomic E-state index is 5.88. The zero-order valence-electron chi connectivity index (χ0n) is 7.24. The molecule has 70 valence electrons. The standard InChI is InChI=1S/C11H7ClIN/c12-8-4-5-9(10(13)7-8)11-3-1-2-6-14-11/h1-7H. The van der Waals surface area contributed by atoms with Crippen LogP contribution in [-0.2, 0) is 0 Å². The lowest BCUT2D eigenvalue weighted by Gasteiger charge is -2.03. The van der Waals surface area contributed by atoms with Crippen molar-refractivity contribution < 1.29 is 0 Å². The van der Waals surface area contributed by atoms with Crippen LogP contribution in [0.2, 0.25) is 5.02 Å². The van der Waals surface area contributed by atoms with Gasteiger partial charge in [-0.3, -0.25) is 4.98 Å². The number of hydrogen-bond donors (Lipinski definition) is 0. The summed E-state index contributed by atoms with van der Waals surface area (Å²) >= 11 is 8.14. The van der Waals surface area contributed by atoms with Gasteiger partial charge in [0.25, 0.3) is 0 Å². The molecule has 0 atom stereocenters. The van der Waals surface area contributed by atoms with E-state index in [4.69, 9.17) is 11.6 Å². The van der Waals surface area contributed by atoms with E-state index in [9.17, 15) is 0 Å². The predicted molar refractivity (Wildman–Crippen MR) is 67.4 cm³/mol. The van der Waals surface area contributed by atoms with E-state index in [1.165, 1.54) is 0 Å². The van der Waals surface area contributed by atoms with Gasteiger partial charge in [0.05, 0.1) is 5.69 Å². The normalized spacial score (nSPS) is 10.1. The molecule has 1 heterocycles. The molecular formula is C11H7ClIN. The van der Waals surface area contributed by atoms with E-state index >= 15 is 0 Å². The Labute approximate surface area is 101 Å². The lowest BCUT2D eigenvalue weighted by atomic mass is 10.1. The minimum Gasteiger partial charge on any atom is -0.256 e. The number of halogens is 2. The van der Waals surface area contributed by atoms with Crippen LogP contribution in [0.4, 0.5) is 0 Å². The summed E-state index contributed by atoms with van der Waals surface area (Å²) < 4.78 is 1.12. The number of nitrogens with zero attached hydrogens (tertiary/aromatic N) is 1. The third kappa shape index (κ3) is 2.07. The van der Waals surface area contributed by atoms with Crippen molar-refractivity contribution in [1.82, 2.24) is 4.98 Å². The molecule has 0 fully saturated rings. The first-order valence-corrected chi connectivity index (χ1v) is 5.59. The zero-order valence-corrected chi connectivity index (χ0v) is 10.2. The first kappa shape index (κ1) is 9.93. The van der Waals surface area contributed by atoms with Crippen molar-refractivity contribution in [2.75, 3.05) is 0 Å². The van der Waals surface area contributed by atoms with Gasteiger partial charge in [0.15, 0.2) is 0 Å². The number of hydrogen-bond acceptors (Lipinski definition) is 1. The van der Waals surface area contributed by atoms with Crippen molar-refractivity contribution in [3.63, 3.8) is 0 Å². The summed E-state index contributed by atoms with van der Waals surface area (Å²) in [6.07, 6.45) is 1.79. The molecule has 0 aliphatic rings. The van der Waals surface area contributed by atoms with E-state index in [1.807, 2.05) is 36.4 Å². The maximum Gasteiger partial charge on any atom is 0.0712 e. The molecule has 0 saturated heterocycles. The van der Waals surface area contributed by atoms with Gasteiger partial charge in [-0.1, -0.05) is 23.7 Å². The van der Waals surface area contributed by atoms with Crippen molar-refractivity contribution in [2.45, 2.75) is 0 Å². The van der Waals surface area contributed by atoms with Gasteiger partial charge < -0.3 is 0 Å². The van der Waals surface area contributed by atoms with Gasteiger partial charge in [-0.05, 0) is 46.9 Å². The Hall–Kier alpha value is -0.610. The quantitative estimate of drug-likeness (QED) is 0.725. The highest BCUT2D eigenvalue weighted by molar-refractivity contribution is 14.1. The van der Waals surface area contributed by atoms with E-state index in [0.29, 0.717) is 0 Å². The van der Waals surface area contributed by atoms with Gasteiger partial charge in [-0.15, -0.1) is 0 Å². The number of rotatable bonds is 1. The lowest BCUT2D eigenvalue weighted by molar-refractivity contribution is 1.32. The Morgan fingerprint density at radius 2 is 2.00 bits per heavy atom. The second-order valence-electron chi connectivity index (χ2n) is 2.84. The van der Waals surface area contributed by atoms with Crippen LogP contribution < -0.4 is 0 Å². The lowest BCUT2D eigenvalue weighted by Crippen LogP contribution is -1.85. The average Bonchev–Trinajstić information content (AvgIpc) is 2.19. The molecular weight excluding hydrogens is 308 g/mol. The average molecular weight is 316 g/mol. The fourth-order valence-corrected chi connectivity index (χ4v) is 2.37. The summed E-state index contributed by atoms with van der Waals surface area (Å²) in [5.74, 6) is 0. The van der Waals surface area contributed by atoms with Crippen LogP contribution in [0.15, 0.2) is 42.6 Å². The molecule has 0 aliphatic carbocycles. The molecule has 0 saturated carbocycles. The van der Waals surface area contributed by atoms with E-state index in [-0.39, 0.29) is 0 Å². The van der Waals surface area contributed by atoms with Crippen LogP contribution in [-0.4, -0.2) is 4.98 Å². The third-order valence-corrected chi connectivity index (χ3v) is 3.00. The molecule has 1 nitrogen and oxygen atoms in total. The van der Waals surface area contributed by atoms with Gasteiger partial charge in [0, 0.05) is 20.4 Å². The van der Waals surface area contributed by atoms with Crippen LogP contribution in [0.5, 0.6) is 0 Å². The van der Waals surface area contributed by atoms with Crippen LogP contribution in [0.3, 0.4) is 0 Å². The molecule has 1 aromatic carbocycles. The Bertz CT molecular complexity index is 442.